The van der Waals surface area contributed by atoms with Gasteiger partial charge in [-0.3, -0.25) is 24.1 Å². The summed E-state index contributed by atoms with van der Waals surface area (Å²) >= 11 is 3.55. The molecule has 0 saturated carbocycles. The number of carbonyl (C=O) groups is 3. The van der Waals surface area contributed by atoms with Gasteiger partial charge in [-0.15, -0.1) is 0 Å². The number of methoxy groups -OCH3 is 1. The first kappa shape index (κ1) is 29.5. The minimum atomic E-state index is -2.46. The molecule has 2 aromatic carbocycles. The highest BCUT2D eigenvalue weighted by Crippen LogP contribution is 2.23. The molecule has 1 fully saturated rings. The van der Waals surface area contributed by atoms with Crippen molar-refractivity contribution in [2.45, 2.75) is 31.8 Å². The Kier molecular flexibility index (Phi) is 10.2. The molecule has 2 aromatic rings. The van der Waals surface area contributed by atoms with Crippen LogP contribution in [0.5, 0.6) is 5.75 Å². The molecular formula is C25H31ClN4O7S. The molecule has 3 rings (SSSR count). The molecule has 38 heavy (non-hydrogen) atoms. The smallest absolute Gasteiger partial charge is 0.252 e. The Bertz CT molecular complexity index is 1180. The highest BCUT2D eigenvalue weighted by molar-refractivity contribution is 7.76. The van der Waals surface area contributed by atoms with Gasteiger partial charge in [0.05, 0.1) is 31.8 Å². The van der Waals surface area contributed by atoms with Gasteiger partial charge in [0.15, 0.2) is 0 Å². The first-order valence-electron chi connectivity index (χ1n) is 11.8. The number of anilines is 1. The van der Waals surface area contributed by atoms with E-state index in [-0.39, 0.29) is 31.1 Å². The van der Waals surface area contributed by atoms with Gasteiger partial charge >= 0.3 is 0 Å². The number of halogens is 1. The van der Waals surface area contributed by atoms with Crippen LogP contribution in [0.1, 0.15) is 18.9 Å². The van der Waals surface area contributed by atoms with Gasteiger partial charge in [0.2, 0.25) is 23.1 Å². The fraction of sp³-hybridized carbons (Fsp3) is 0.400. The molecule has 206 valence electrons. The number of piperazine rings is 1. The zero-order valence-corrected chi connectivity index (χ0v) is 22.9. The van der Waals surface area contributed by atoms with Crippen LogP contribution in [-0.2, 0) is 32.1 Å². The van der Waals surface area contributed by atoms with E-state index in [1.165, 1.54) is 29.0 Å². The maximum absolute atomic E-state index is 13.4. The molecule has 3 unspecified atom stereocenters. The quantitative estimate of drug-likeness (QED) is 0.256. The van der Waals surface area contributed by atoms with E-state index in [0.29, 0.717) is 22.3 Å². The van der Waals surface area contributed by atoms with Crippen LogP contribution in [0.2, 0.25) is 5.02 Å². The molecule has 0 aliphatic carbocycles. The van der Waals surface area contributed by atoms with Crippen molar-refractivity contribution in [2.75, 3.05) is 38.9 Å². The van der Waals surface area contributed by atoms with E-state index in [2.05, 4.69) is 0 Å². The second-order valence-electron chi connectivity index (χ2n) is 8.93. The van der Waals surface area contributed by atoms with Gasteiger partial charge in [-0.25, -0.2) is 4.21 Å². The van der Waals surface area contributed by atoms with Crippen molar-refractivity contribution in [1.82, 2.24) is 14.1 Å². The van der Waals surface area contributed by atoms with Gasteiger partial charge in [0.1, 0.15) is 11.8 Å². The zero-order chi connectivity index (χ0) is 28.0. The minimum absolute atomic E-state index is 0.0574. The fourth-order valence-corrected chi connectivity index (χ4v) is 5.06. The first-order chi connectivity index (χ1) is 18.0. The first-order valence-corrected chi connectivity index (χ1v) is 13.3. The molecule has 1 heterocycles. The summed E-state index contributed by atoms with van der Waals surface area (Å²) in [6, 6.07) is 11.5. The van der Waals surface area contributed by atoms with Crippen LogP contribution in [-0.4, -0.2) is 91.7 Å². The molecule has 11 nitrogen and oxygen atoms in total. The van der Waals surface area contributed by atoms with E-state index in [9.17, 15) is 28.4 Å². The number of amides is 3. The van der Waals surface area contributed by atoms with Crippen molar-refractivity contribution in [1.29, 1.82) is 0 Å². The lowest BCUT2D eigenvalue weighted by molar-refractivity contribution is -0.155. The third kappa shape index (κ3) is 7.29. The Morgan fingerprint density at radius 1 is 1.21 bits per heavy atom. The molecule has 1 saturated heterocycles. The number of carbonyl (C=O) groups excluding carboxylic acids is 3. The van der Waals surface area contributed by atoms with E-state index >= 15 is 0 Å². The van der Waals surface area contributed by atoms with Crippen LogP contribution >= 0.6 is 11.6 Å². The number of hydrogen-bond donors (Lipinski definition) is 2. The largest absolute Gasteiger partial charge is 0.497 e. The van der Waals surface area contributed by atoms with Gasteiger partial charge in [0.25, 0.3) is 5.91 Å². The van der Waals surface area contributed by atoms with Crippen molar-refractivity contribution in [2.24, 2.45) is 0 Å². The summed E-state index contributed by atoms with van der Waals surface area (Å²) in [5.41, 5.74) is 1.04. The molecule has 13 heteroatoms. The summed E-state index contributed by atoms with van der Waals surface area (Å²) in [4.78, 5) is 41.7. The maximum atomic E-state index is 13.4. The Morgan fingerprint density at radius 2 is 1.89 bits per heavy atom. The van der Waals surface area contributed by atoms with E-state index < -0.39 is 41.7 Å². The van der Waals surface area contributed by atoms with Crippen molar-refractivity contribution in [3.63, 3.8) is 0 Å². The summed E-state index contributed by atoms with van der Waals surface area (Å²) in [5.74, 6) is -1.04. The summed E-state index contributed by atoms with van der Waals surface area (Å²) in [6.07, 6.45) is 0.0849. The summed E-state index contributed by atoms with van der Waals surface area (Å²) in [5, 5.41) is 11.5. The lowest BCUT2D eigenvalue weighted by Gasteiger charge is -2.44. The number of rotatable bonds is 10. The lowest BCUT2D eigenvalue weighted by atomic mass is 10.0. The van der Waals surface area contributed by atoms with Crippen LogP contribution in [0.4, 0.5) is 5.69 Å². The topological polar surface area (TPSA) is 131 Å². The minimum Gasteiger partial charge on any atom is -0.497 e. The summed E-state index contributed by atoms with van der Waals surface area (Å²) in [7, 11) is 3.06. The van der Waals surface area contributed by atoms with Crippen molar-refractivity contribution in [3.05, 3.63) is 59.1 Å². The lowest BCUT2D eigenvalue weighted by Crippen LogP contribution is -2.63. The maximum Gasteiger partial charge on any atom is 0.252 e. The Labute approximate surface area is 228 Å². The number of hydroxylamine groups is 1. The zero-order valence-electron chi connectivity index (χ0n) is 21.3. The number of ether oxygens (including phenoxy) is 1. The summed E-state index contributed by atoms with van der Waals surface area (Å²) < 4.78 is 28.0. The van der Waals surface area contributed by atoms with Crippen molar-refractivity contribution < 1.29 is 33.1 Å². The predicted molar refractivity (Wildman–Crippen MR) is 142 cm³/mol. The Balaban J connectivity index is 1.74. The second-order valence-corrected chi connectivity index (χ2v) is 10.3. The molecular weight excluding hydrogens is 536 g/mol. The highest BCUT2D eigenvalue weighted by atomic mass is 35.5. The van der Waals surface area contributed by atoms with E-state index in [0.717, 1.165) is 9.87 Å². The standard InChI is InChI=1S/C25H31ClN4O7S/c1-17-25(33)27(2)15-21(14-23(31)30(34)20-7-9-22(37-3)10-8-20)29(17)24(32)16-28(38(35)36)12-11-18-5-4-6-19(26)13-18/h4-10,13,17,21,34H,11-12,14-16H2,1-3H3,(H,35,36). The molecule has 0 radical (unpaired) electrons. The van der Waals surface area contributed by atoms with Crippen LogP contribution < -0.4 is 9.80 Å². The number of likely N-dealkylation sites (N-methyl/N-ethyl adjacent to an activating group) is 1. The molecule has 2 N–H and O–H groups in total. The monoisotopic (exact) mass is 566 g/mol. The third-order valence-electron chi connectivity index (χ3n) is 6.35. The van der Waals surface area contributed by atoms with Gasteiger partial charge in [-0.2, -0.15) is 9.37 Å². The third-order valence-corrected chi connectivity index (χ3v) is 7.34. The molecule has 1 aliphatic heterocycles. The average molecular weight is 567 g/mol. The number of nitrogens with zero attached hydrogens (tertiary/aromatic N) is 4. The number of hydrogen-bond acceptors (Lipinski definition) is 6. The Hall–Kier alpha value is -3.03. The molecule has 3 amide bonds. The van der Waals surface area contributed by atoms with Gasteiger partial charge in [-0.05, 0) is 55.3 Å². The Morgan fingerprint density at radius 3 is 2.50 bits per heavy atom. The fourth-order valence-electron chi connectivity index (χ4n) is 4.38. The van der Waals surface area contributed by atoms with E-state index in [1.807, 2.05) is 6.07 Å². The normalized spacial score (nSPS) is 18.4. The van der Waals surface area contributed by atoms with Crippen molar-refractivity contribution in [3.8, 4) is 5.75 Å². The van der Waals surface area contributed by atoms with Gasteiger partial charge in [0, 0.05) is 25.2 Å². The summed E-state index contributed by atoms with van der Waals surface area (Å²) in [6.45, 7) is 1.23. The van der Waals surface area contributed by atoms with Crippen LogP contribution in [0, 0.1) is 0 Å². The SMILES string of the molecule is COc1ccc(N(O)C(=O)CC2CN(C)C(=O)C(C)N2C(=O)CN(CCc2cccc(Cl)c2)S(=O)O)cc1. The number of benzene rings is 2. The van der Waals surface area contributed by atoms with Crippen LogP contribution in [0.25, 0.3) is 0 Å². The van der Waals surface area contributed by atoms with Crippen LogP contribution in [0.15, 0.2) is 48.5 Å². The second kappa shape index (κ2) is 13.2. The van der Waals surface area contributed by atoms with Gasteiger partial charge < -0.3 is 14.5 Å². The van der Waals surface area contributed by atoms with Crippen molar-refractivity contribution >= 4 is 46.3 Å². The van der Waals surface area contributed by atoms with Crippen LogP contribution in [0.3, 0.4) is 0 Å². The molecule has 0 aromatic heterocycles. The molecule has 1 aliphatic rings. The highest BCUT2D eigenvalue weighted by Gasteiger charge is 2.41. The van der Waals surface area contributed by atoms with E-state index in [1.54, 1.807) is 44.3 Å². The predicted octanol–water partition coefficient (Wildman–Crippen LogP) is 2.20. The molecule has 0 bridgehead atoms. The average Bonchev–Trinajstić information content (AvgIpc) is 2.89. The van der Waals surface area contributed by atoms with E-state index in [4.69, 9.17) is 16.3 Å². The van der Waals surface area contributed by atoms with Gasteiger partial charge in [-0.1, -0.05) is 23.7 Å². The molecule has 3 atom stereocenters. The molecule has 0 spiro atoms.